The van der Waals surface area contributed by atoms with Gasteiger partial charge in [-0.15, -0.1) is 0 Å². The Balaban J connectivity index is 0. The summed E-state index contributed by atoms with van der Waals surface area (Å²) in [6.45, 7) is 5.78. The van der Waals surface area contributed by atoms with Gasteiger partial charge >= 0.3 is 36.6 Å². The summed E-state index contributed by atoms with van der Waals surface area (Å²) in [5.41, 5.74) is -1.05. The first-order valence-electron chi connectivity index (χ1n) is 7.72. The Morgan fingerprint density at radius 1 is 0.893 bits per heavy atom. The lowest BCUT2D eigenvalue weighted by Gasteiger charge is -2.22. The highest BCUT2D eigenvalue weighted by atomic mass is 19.3. The van der Waals surface area contributed by atoms with Crippen molar-refractivity contribution in [1.29, 1.82) is 0 Å². The van der Waals surface area contributed by atoms with Gasteiger partial charge in [-0.25, -0.2) is 22.4 Å². The SMILES string of the molecule is C=C(C)C(=O)OCC(F)(F)C(F)F.CCC(C)(C)C(=O)OCC(F)(F)C(F)F. The van der Waals surface area contributed by atoms with E-state index in [0.717, 1.165) is 0 Å². The van der Waals surface area contributed by atoms with E-state index in [1.54, 1.807) is 6.92 Å². The second-order valence-corrected chi connectivity index (χ2v) is 6.29. The fraction of sp³-hybridized carbons (Fsp3) is 0.750. The van der Waals surface area contributed by atoms with Crippen LogP contribution in [-0.2, 0) is 19.1 Å². The van der Waals surface area contributed by atoms with Crippen LogP contribution in [0.3, 0.4) is 0 Å². The Morgan fingerprint density at radius 2 is 1.25 bits per heavy atom. The number of hydrogen-bond donors (Lipinski definition) is 0. The number of carbonyl (C=O) groups excluding carboxylic acids is 2. The molecule has 0 aromatic carbocycles. The number of alkyl halides is 8. The van der Waals surface area contributed by atoms with Crippen LogP contribution >= 0.6 is 0 Å². The Hall–Kier alpha value is -1.88. The number of halogens is 8. The van der Waals surface area contributed by atoms with Gasteiger partial charge in [-0.2, -0.15) is 17.6 Å². The normalized spacial score (nSPS) is 12.4. The number of hydrogen-bond acceptors (Lipinski definition) is 4. The van der Waals surface area contributed by atoms with E-state index in [1.807, 2.05) is 0 Å². The third-order valence-electron chi connectivity index (χ3n) is 3.21. The molecule has 0 unspecified atom stereocenters. The first-order chi connectivity index (χ1) is 12.4. The summed E-state index contributed by atoms with van der Waals surface area (Å²) in [7, 11) is 0. The molecule has 0 aliphatic rings. The molecular weight excluding hydrogens is 408 g/mol. The summed E-state index contributed by atoms with van der Waals surface area (Å²) in [4.78, 5) is 21.7. The topological polar surface area (TPSA) is 52.6 Å². The summed E-state index contributed by atoms with van der Waals surface area (Å²) < 4.78 is 103. The van der Waals surface area contributed by atoms with E-state index in [2.05, 4.69) is 16.1 Å². The van der Waals surface area contributed by atoms with Crippen LogP contribution < -0.4 is 0 Å². The maximum atomic E-state index is 12.4. The third-order valence-corrected chi connectivity index (χ3v) is 3.21. The fourth-order valence-corrected chi connectivity index (χ4v) is 0.912. The van der Waals surface area contributed by atoms with Crippen LogP contribution in [0.4, 0.5) is 35.1 Å². The third kappa shape index (κ3) is 10.5. The fourth-order valence-electron chi connectivity index (χ4n) is 0.912. The first-order valence-corrected chi connectivity index (χ1v) is 7.72. The Kier molecular flexibility index (Phi) is 11.3. The monoisotopic (exact) mass is 430 g/mol. The summed E-state index contributed by atoms with van der Waals surface area (Å²) in [6, 6.07) is 0. The van der Waals surface area contributed by atoms with E-state index in [-0.39, 0.29) is 5.57 Å². The van der Waals surface area contributed by atoms with Gasteiger partial charge in [-0.05, 0) is 27.2 Å². The van der Waals surface area contributed by atoms with Crippen LogP contribution in [0.2, 0.25) is 0 Å². The highest BCUT2D eigenvalue weighted by molar-refractivity contribution is 5.86. The van der Waals surface area contributed by atoms with Crippen molar-refractivity contribution in [2.45, 2.75) is 58.8 Å². The van der Waals surface area contributed by atoms with Gasteiger partial charge in [0.25, 0.3) is 0 Å². The van der Waals surface area contributed by atoms with Gasteiger partial charge < -0.3 is 9.47 Å². The molecule has 0 fully saturated rings. The molecule has 0 radical (unpaired) electrons. The molecule has 0 rings (SSSR count). The van der Waals surface area contributed by atoms with E-state index in [0.29, 0.717) is 6.42 Å². The highest BCUT2D eigenvalue weighted by Crippen LogP contribution is 2.26. The van der Waals surface area contributed by atoms with Crippen molar-refractivity contribution >= 4 is 11.9 Å². The van der Waals surface area contributed by atoms with Gasteiger partial charge in [0.15, 0.2) is 13.2 Å². The zero-order chi connectivity index (χ0) is 22.9. The molecule has 0 saturated heterocycles. The summed E-state index contributed by atoms with van der Waals surface area (Å²) in [6.07, 6.45) is -7.29. The quantitative estimate of drug-likeness (QED) is 0.298. The predicted molar refractivity (Wildman–Crippen MR) is 82.7 cm³/mol. The number of ether oxygens (including phenoxy) is 2. The van der Waals surface area contributed by atoms with Gasteiger partial charge in [0.1, 0.15) is 0 Å². The molecule has 0 aliphatic carbocycles. The number of carbonyl (C=O) groups is 2. The predicted octanol–water partition coefficient (Wildman–Crippen LogP) is 4.87. The Bertz CT molecular complexity index is 533. The Labute approximate surface area is 156 Å². The molecule has 12 heteroatoms. The molecule has 0 aromatic rings. The van der Waals surface area contributed by atoms with Gasteiger partial charge in [-0.1, -0.05) is 13.5 Å². The van der Waals surface area contributed by atoms with E-state index < -0.39 is 55.3 Å². The van der Waals surface area contributed by atoms with E-state index in [4.69, 9.17) is 0 Å². The van der Waals surface area contributed by atoms with Crippen LogP contribution in [-0.4, -0.2) is 49.8 Å². The van der Waals surface area contributed by atoms with Gasteiger partial charge in [0.05, 0.1) is 5.41 Å². The minimum atomic E-state index is -4.30. The van der Waals surface area contributed by atoms with Crippen molar-refractivity contribution in [2.24, 2.45) is 5.41 Å². The summed E-state index contributed by atoms with van der Waals surface area (Å²) in [5.74, 6) is -10.6. The van der Waals surface area contributed by atoms with Gasteiger partial charge in [-0.3, -0.25) is 4.79 Å². The van der Waals surface area contributed by atoms with Crippen LogP contribution in [0.25, 0.3) is 0 Å². The maximum absolute atomic E-state index is 12.4. The van der Waals surface area contributed by atoms with Crippen LogP contribution in [0.1, 0.15) is 34.1 Å². The molecule has 0 spiro atoms. The summed E-state index contributed by atoms with van der Waals surface area (Å²) >= 11 is 0. The molecule has 0 atom stereocenters. The lowest BCUT2D eigenvalue weighted by atomic mass is 9.91. The van der Waals surface area contributed by atoms with E-state index in [9.17, 15) is 44.7 Å². The largest absolute Gasteiger partial charge is 0.459 e. The van der Waals surface area contributed by atoms with Crippen molar-refractivity contribution in [2.75, 3.05) is 13.2 Å². The molecule has 0 aliphatic heterocycles. The molecule has 4 nitrogen and oxygen atoms in total. The second-order valence-electron chi connectivity index (χ2n) is 6.29. The standard InChI is InChI=1S/C9H14F4O2.C7H8F4O2/c1-4-8(2,3)7(14)15-5-9(12,13)6(10)11;1-4(2)5(12)13-3-7(10,11)6(8)9/h6H,4-5H2,1-3H3;6H,1,3H2,2H3. The zero-order valence-electron chi connectivity index (χ0n) is 15.6. The smallest absolute Gasteiger partial charge is 0.340 e. The first kappa shape index (κ1) is 28.3. The van der Waals surface area contributed by atoms with Crippen molar-refractivity contribution in [3.8, 4) is 0 Å². The second kappa shape index (κ2) is 11.2. The van der Waals surface area contributed by atoms with Crippen molar-refractivity contribution in [3.05, 3.63) is 12.2 Å². The Morgan fingerprint density at radius 3 is 1.54 bits per heavy atom. The molecule has 0 aromatic heterocycles. The van der Waals surface area contributed by atoms with E-state index >= 15 is 0 Å². The van der Waals surface area contributed by atoms with Gasteiger partial charge in [0.2, 0.25) is 0 Å². The molecule has 28 heavy (non-hydrogen) atoms. The molecule has 0 N–H and O–H groups in total. The highest BCUT2D eigenvalue weighted by Gasteiger charge is 2.43. The molecule has 0 saturated carbocycles. The van der Waals surface area contributed by atoms with Crippen molar-refractivity contribution < 1.29 is 54.2 Å². The van der Waals surface area contributed by atoms with Crippen LogP contribution in [0, 0.1) is 5.41 Å². The minimum absolute atomic E-state index is 0.120. The average molecular weight is 430 g/mol. The number of esters is 2. The van der Waals surface area contributed by atoms with E-state index in [1.165, 1.54) is 20.8 Å². The lowest BCUT2D eigenvalue weighted by molar-refractivity contribution is -0.186. The zero-order valence-corrected chi connectivity index (χ0v) is 15.6. The maximum Gasteiger partial charge on any atom is 0.340 e. The number of rotatable bonds is 9. The van der Waals surface area contributed by atoms with Crippen LogP contribution in [0.5, 0.6) is 0 Å². The summed E-state index contributed by atoms with van der Waals surface area (Å²) in [5, 5.41) is 0. The lowest BCUT2D eigenvalue weighted by Crippen LogP contribution is -2.36. The van der Waals surface area contributed by atoms with Crippen molar-refractivity contribution in [3.63, 3.8) is 0 Å². The van der Waals surface area contributed by atoms with Crippen molar-refractivity contribution in [1.82, 2.24) is 0 Å². The minimum Gasteiger partial charge on any atom is -0.459 e. The van der Waals surface area contributed by atoms with Gasteiger partial charge in [0, 0.05) is 5.57 Å². The molecule has 166 valence electrons. The molecule has 0 amide bonds. The average Bonchev–Trinajstić information content (AvgIpc) is 2.57. The molecule has 0 heterocycles. The van der Waals surface area contributed by atoms with Crippen LogP contribution in [0.15, 0.2) is 12.2 Å². The molecule has 0 bridgehead atoms. The molecular formula is C16H22F8O4.